The predicted molar refractivity (Wildman–Crippen MR) is 73.8 cm³/mol. The number of nitrogens with zero attached hydrogens (tertiary/aromatic N) is 1. The molecule has 2 nitrogen and oxygen atoms in total. The summed E-state index contributed by atoms with van der Waals surface area (Å²) < 4.78 is 13.0. The Morgan fingerprint density at radius 3 is 2.72 bits per heavy atom. The Kier molecular flexibility index (Phi) is 4.12. The van der Waals surface area contributed by atoms with Gasteiger partial charge in [-0.25, -0.2) is 4.39 Å². The van der Waals surface area contributed by atoms with E-state index in [2.05, 4.69) is 4.99 Å². The number of hydrogen-bond acceptors (Lipinski definition) is 2. The molecule has 98 valence electrons. The Morgan fingerprint density at radius 2 is 2.22 bits per heavy atom. The largest absolute Gasteiger partial charge is 0.323 e. The molecule has 1 aromatic rings. The maximum Gasteiger partial charge on any atom is 0.123 e. The average molecular weight is 248 g/mol. The molecule has 0 spiro atoms. The molecule has 2 N–H and O–H groups in total. The van der Waals surface area contributed by atoms with Crippen LogP contribution < -0.4 is 5.73 Å². The third kappa shape index (κ3) is 3.16. The molecule has 1 fully saturated rings. The fourth-order valence-electron chi connectivity index (χ4n) is 2.23. The van der Waals surface area contributed by atoms with Gasteiger partial charge in [-0.3, -0.25) is 4.99 Å². The lowest BCUT2D eigenvalue weighted by atomic mass is 9.81. The number of aryl methyl sites for hydroxylation is 1. The Bertz CT molecular complexity index is 448. The van der Waals surface area contributed by atoms with Crippen LogP contribution in [-0.2, 0) is 0 Å². The van der Waals surface area contributed by atoms with Crippen LogP contribution in [-0.4, -0.2) is 11.8 Å². The SMILES string of the molecule is Cc1cc(F)ccc1N=C(CC1CCC1)[C@H](C)N. The normalized spacial score (nSPS) is 18.6. The van der Waals surface area contributed by atoms with E-state index in [0.717, 1.165) is 29.3 Å². The summed E-state index contributed by atoms with van der Waals surface area (Å²) in [7, 11) is 0. The average Bonchev–Trinajstić information content (AvgIpc) is 2.23. The molecule has 0 aliphatic heterocycles. The van der Waals surface area contributed by atoms with Gasteiger partial charge in [0.25, 0.3) is 0 Å². The van der Waals surface area contributed by atoms with E-state index >= 15 is 0 Å². The zero-order valence-corrected chi connectivity index (χ0v) is 11.1. The number of benzene rings is 1. The van der Waals surface area contributed by atoms with E-state index in [1.54, 1.807) is 6.07 Å². The third-order valence-electron chi connectivity index (χ3n) is 3.67. The molecule has 0 heterocycles. The van der Waals surface area contributed by atoms with Crippen molar-refractivity contribution < 1.29 is 4.39 Å². The van der Waals surface area contributed by atoms with Gasteiger partial charge in [-0.05, 0) is 49.9 Å². The minimum atomic E-state index is -0.215. The van der Waals surface area contributed by atoms with Gasteiger partial charge in [0.2, 0.25) is 0 Å². The Hall–Kier alpha value is -1.22. The van der Waals surface area contributed by atoms with Crippen LogP contribution in [0.25, 0.3) is 0 Å². The smallest absolute Gasteiger partial charge is 0.123 e. The van der Waals surface area contributed by atoms with E-state index < -0.39 is 0 Å². The monoisotopic (exact) mass is 248 g/mol. The summed E-state index contributed by atoms with van der Waals surface area (Å²) in [6, 6.07) is 4.66. The van der Waals surface area contributed by atoms with Crippen molar-refractivity contribution in [3.8, 4) is 0 Å². The molecule has 0 saturated heterocycles. The summed E-state index contributed by atoms with van der Waals surface area (Å²) in [5, 5.41) is 0. The molecule has 0 amide bonds. The van der Waals surface area contributed by atoms with E-state index in [1.807, 2.05) is 13.8 Å². The summed E-state index contributed by atoms with van der Waals surface area (Å²) in [5.41, 5.74) is 8.72. The lowest BCUT2D eigenvalue weighted by Gasteiger charge is -2.27. The lowest BCUT2D eigenvalue weighted by Crippen LogP contribution is -2.30. The second-order valence-corrected chi connectivity index (χ2v) is 5.32. The van der Waals surface area contributed by atoms with Crippen LogP contribution in [0.4, 0.5) is 10.1 Å². The molecule has 0 bridgehead atoms. The predicted octanol–water partition coefficient (Wildman–Crippen LogP) is 3.74. The van der Waals surface area contributed by atoms with Crippen molar-refractivity contribution >= 4 is 11.4 Å². The summed E-state index contributed by atoms with van der Waals surface area (Å²) in [5.74, 6) is 0.531. The van der Waals surface area contributed by atoms with E-state index in [9.17, 15) is 4.39 Å². The van der Waals surface area contributed by atoms with Gasteiger partial charge in [0.1, 0.15) is 5.82 Å². The van der Waals surface area contributed by atoms with Crippen molar-refractivity contribution in [3.05, 3.63) is 29.6 Å². The first kappa shape index (κ1) is 13.2. The summed E-state index contributed by atoms with van der Waals surface area (Å²) in [6.07, 6.45) is 4.88. The first-order chi connectivity index (χ1) is 8.56. The fourth-order valence-corrected chi connectivity index (χ4v) is 2.23. The van der Waals surface area contributed by atoms with Crippen LogP contribution >= 0.6 is 0 Å². The topological polar surface area (TPSA) is 38.4 Å². The molecule has 1 saturated carbocycles. The Balaban J connectivity index is 2.19. The van der Waals surface area contributed by atoms with Crippen molar-refractivity contribution in [1.82, 2.24) is 0 Å². The number of hydrogen-bond donors (Lipinski definition) is 1. The van der Waals surface area contributed by atoms with Crippen molar-refractivity contribution in [2.24, 2.45) is 16.6 Å². The van der Waals surface area contributed by atoms with Gasteiger partial charge in [0.05, 0.1) is 5.69 Å². The van der Waals surface area contributed by atoms with Gasteiger partial charge < -0.3 is 5.73 Å². The standard InChI is InChI=1S/C15H21FN2/c1-10-8-13(16)6-7-14(10)18-15(11(2)17)9-12-4-3-5-12/h6-8,11-12H,3-5,9,17H2,1-2H3/t11-/m0/s1. The molecule has 1 aromatic carbocycles. The molecule has 0 unspecified atom stereocenters. The van der Waals surface area contributed by atoms with Crippen molar-refractivity contribution in [1.29, 1.82) is 0 Å². The van der Waals surface area contributed by atoms with Gasteiger partial charge in [0, 0.05) is 11.8 Å². The van der Waals surface area contributed by atoms with Crippen LogP contribution in [0, 0.1) is 18.7 Å². The summed E-state index contributed by atoms with van der Waals surface area (Å²) >= 11 is 0. The van der Waals surface area contributed by atoms with Gasteiger partial charge in [-0.2, -0.15) is 0 Å². The molecule has 18 heavy (non-hydrogen) atoms. The lowest BCUT2D eigenvalue weighted by molar-refractivity contribution is 0.325. The number of nitrogens with two attached hydrogens (primary N) is 1. The van der Waals surface area contributed by atoms with Crippen LogP contribution in [0.3, 0.4) is 0 Å². The van der Waals surface area contributed by atoms with Gasteiger partial charge in [-0.1, -0.05) is 19.3 Å². The second-order valence-electron chi connectivity index (χ2n) is 5.32. The maximum absolute atomic E-state index is 13.0. The second kappa shape index (κ2) is 5.61. The zero-order valence-electron chi connectivity index (χ0n) is 11.1. The van der Waals surface area contributed by atoms with Crippen LogP contribution in [0.5, 0.6) is 0 Å². The molecule has 2 rings (SSSR count). The van der Waals surface area contributed by atoms with Gasteiger partial charge in [0.15, 0.2) is 0 Å². The quantitative estimate of drug-likeness (QED) is 0.810. The number of rotatable bonds is 4. The zero-order chi connectivity index (χ0) is 13.1. The van der Waals surface area contributed by atoms with Crippen molar-refractivity contribution in [3.63, 3.8) is 0 Å². The van der Waals surface area contributed by atoms with E-state index in [0.29, 0.717) is 0 Å². The van der Waals surface area contributed by atoms with Crippen molar-refractivity contribution in [2.75, 3.05) is 0 Å². The van der Waals surface area contributed by atoms with Gasteiger partial charge >= 0.3 is 0 Å². The summed E-state index contributed by atoms with van der Waals surface area (Å²) in [6.45, 7) is 3.85. The van der Waals surface area contributed by atoms with Crippen LogP contribution in [0.2, 0.25) is 0 Å². The maximum atomic E-state index is 13.0. The van der Waals surface area contributed by atoms with E-state index in [4.69, 9.17) is 5.73 Å². The molecule has 1 aliphatic rings. The highest BCUT2D eigenvalue weighted by Gasteiger charge is 2.21. The van der Waals surface area contributed by atoms with Crippen molar-refractivity contribution in [2.45, 2.75) is 45.6 Å². The Morgan fingerprint density at radius 1 is 1.50 bits per heavy atom. The first-order valence-corrected chi connectivity index (χ1v) is 6.65. The summed E-state index contributed by atoms with van der Waals surface area (Å²) in [4.78, 5) is 4.65. The first-order valence-electron chi connectivity index (χ1n) is 6.65. The molecule has 3 heteroatoms. The van der Waals surface area contributed by atoms with Crippen LogP contribution in [0.15, 0.2) is 23.2 Å². The van der Waals surface area contributed by atoms with Gasteiger partial charge in [-0.15, -0.1) is 0 Å². The highest BCUT2D eigenvalue weighted by atomic mass is 19.1. The molecule has 1 atom stereocenters. The highest BCUT2D eigenvalue weighted by Crippen LogP contribution is 2.31. The van der Waals surface area contributed by atoms with Crippen LogP contribution in [0.1, 0.15) is 38.2 Å². The van der Waals surface area contributed by atoms with E-state index in [1.165, 1.54) is 31.4 Å². The molecular formula is C15H21FN2. The highest BCUT2D eigenvalue weighted by molar-refractivity contribution is 5.91. The fraction of sp³-hybridized carbons (Fsp3) is 0.533. The molecular weight excluding hydrogens is 227 g/mol. The number of halogens is 1. The minimum Gasteiger partial charge on any atom is -0.323 e. The van der Waals surface area contributed by atoms with E-state index in [-0.39, 0.29) is 11.9 Å². The molecule has 0 radical (unpaired) electrons. The number of aliphatic imine (C=N–C) groups is 1. The molecule has 1 aliphatic carbocycles. The third-order valence-corrected chi connectivity index (χ3v) is 3.67. The Labute approximate surface area is 108 Å². The minimum absolute atomic E-state index is 0.0324. The molecule has 0 aromatic heterocycles.